The van der Waals surface area contributed by atoms with E-state index in [-0.39, 0.29) is 6.10 Å². The van der Waals surface area contributed by atoms with Crippen molar-refractivity contribution in [1.29, 1.82) is 0 Å². The summed E-state index contributed by atoms with van der Waals surface area (Å²) in [5, 5.41) is 12.9. The van der Waals surface area contributed by atoms with Gasteiger partial charge in [0.05, 0.1) is 7.11 Å². The Morgan fingerprint density at radius 1 is 1.31 bits per heavy atom. The van der Waals surface area contributed by atoms with Crippen LogP contribution in [-0.4, -0.2) is 37.5 Å². The highest BCUT2D eigenvalue weighted by atomic mass is 16.5. The van der Waals surface area contributed by atoms with Gasteiger partial charge in [0.25, 0.3) is 0 Å². The zero-order valence-electron chi connectivity index (χ0n) is 9.35. The topological polar surface area (TPSA) is 50.7 Å². The molecule has 2 N–H and O–H groups in total. The number of nitrogens with one attached hydrogen (secondary N) is 1. The number of β-amino-alcohol motifs (C(OH)–C–C–N with tert-alkyl or cyclic N) is 1. The summed E-state index contributed by atoms with van der Waals surface area (Å²) in [6, 6.07) is 7.49. The van der Waals surface area contributed by atoms with E-state index in [4.69, 9.17) is 9.47 Å². The molecule has 1 saturated heterocycles. The monoisotopic (exact) mass is 223 g/mol. The lowest BCUT2D eigenvalue weighted by Gasteiger charge is -2.29. The van der Waals surface area contributed by atoms with Crippen LogP contribution in [0.2, 0.25) is 0 Å². The molecule has 1 aliphatic rings. The summed E-state index contributed by atoms with van der Waals surface area (Å²) in [5.41, 5.74) is 0. The van der Waals surface area contributed by atoms with Gasteiger partial charge in [-0.15, -0.1) is 0 Å². The second-order valence-corrected chi connectivity index (χ2v) is 3.87. The molecule has 0 radical (unpaired) electrons. The fraction of sp³-hybridized carbons (Fsp3) is 0.500. The van der Waals surface area contributed by atoms with Crippen LogP contribution in [0, 0.1) is 0 Å². The Morgan fingerprint density at radius 2 is 2.06 bits per heavy atom. The number of benzene rings is 1. The third-order valence-corrected chi connectivity index (χ3v) is 2.74. The van der Waals surface area contributed by atoms with Gasteiger partial charge in [0.1, 0.15) is 12.2 Å². The number of aliphatic hydroxyl groups is 1. The number of aliphatic hydroxyl groups excluding tert-OH is 1. The lowest BCUT2D eigenvalue weighted by molar-refractivity contribution is 0.0150. The van der Waals surface area contributed by atoms with Crippen molar-refractivity contribution in [3.05, 3.63) is 24.3 Å². The van der Waals surface area contributed by atoms with Crippen molar-refractivity contribution in [2.75, 3.05) is 20.2 Å². The van der Waals surface area contributed by atoms with Crippen LogP contribution in [0.25, 0.3) is 0 Å². The molecule has 0 unspecified atom stereocenters. The first-order valence-electron chi connectivity index (χ1n) is 5.49. The smallest absolute Gasteiger partial charge is 0.161 e. The predicted octanol–water partition coefficient (Wildman–Crippen LogP) is 0.797. The molecule has 1 aliphatic heterocycles. The van der Waals surface area contributed by atoms with Crippen LogP contribution in [0.1, 0.15) is 6.42 Å². The molecule has 0 bridgehead atoms. The van der Waals surface area contributed by atoms with Crippen LogP contribution in [-0.2, 0) is 0 Å². The second kappa shape index (κ2) is 5.18. The maximum Gasteiger partial charge on any atom is 0.161 e. The molecule has 2 atom stereocenters. The third kappa shape index (κ3) is 2.46. The standard InChI is InChI=1S/C12H17NO3/c1-15-11-4-2-3-5-12(11)16-10-6-7-13-8-9(10)14/h2-5,9-10,13-14H,6-8H2,1H3/t9-,10-/m0/s1. The first kappa shape index (κ1) is 11.2. The van der Waals surface area contributed by atoms with E-state index in [9.17, 15) is 5.11 Å². The summed E-state index contributed by atoms with van der Waals surface area (Å²) in [4.78, 5) is 0. The Bertz CT molecular complexity index is 343. The van der Waals surface area contributed by atoms with Crippen molar-refractivity contribution in [2.45, 2.75) is 18.6 Å². The number of hydrogen-bond acceptors (Lipinski definition) is 4. The Morgan fingerprint density at radius 3 is 2.75 bits per heavy atom. The van der Waals surface area contributed by atoms with E-state index in [1.165, 1.54) is 0 Å². The molecule has 4 heteroatoms. The first-order valence-corrected chi connectivity index (χ1v) is 5.49. The molecule has 1 heterocycles. The molecule has 88 valence electrons. The van der Waals surface area contributed by atoms with Gasteiger partial charge >= 0.3 is 0 Å². The fourth-order valence-electron chi connectivity index (χ4n) is 1.83. The van der Waals surface area contributed by atoms with Crippen molar-refractivity contribution in [3.63, 3.8) is 0 Å². The van der Waals surface area contributed by atoms with Gasteiger partial charge in [-0.25, -0.2) is 0 Å². The van der Waals surface area contributed by atoms with E-state index >= 15 is 0 Å². The Kier molecular flexibility index (Phi) is 3.64. The van der Waals surface area contributed by atoms with Gasteiger partial charge in [-0.2, -0.15) is 0 Å². The van der Waals surface area contributed by atoms with Gasteiger partial charge in [-0.05, 0) is 25.1 Å². The molecule has 4 nitrogen and oxygen atoms in total. The van der Waals surface area contributed by atoms with Gasteiger partial charge in [0.15, 0.2) is 11.5 Å². The summed E-state index contributed by atoms with van der Waals surface area (Å²) in [7, 11) is 1.61. The quantitative estimate of drug-likeness (QED) is 0.795. The maximum absolute atomic E-state index is 9.77. The Hall–Kier alpha value is -1.26. The number of methoxy groups -OCH3 is 1. The highest BCUT2D eigenvalue weighted by Crippen LogP contribution is 2.28. The fourth-order valence-corrected chi connectivity index (χ4v) is 1.83. The van der Waals surface area contributed by atoms with E-state index in [0.717, 1.165) is 13.0 Å². The highest BCUT2D eigenvalue weighted by molar-refractivity contribution is 5.39. The molecule has 1 aromatic carbocycles. The molecule has 16 heavy (non-hydrogen) atoms. The van der Waals surface area contributed by atoms with Crippen molar-refractivity contribution >= 4 is 0 Å². The normalized spacial score (nSPS) is 25.1. The van der Waals surface area contributed by atoms with E-state index in [1.807, 2.05) is 24.3 Å². The largest absolute Gasteiger partial charge is 0.493 e. The predicted molar refractivity (Wildman–Crippen MR) is 60.9 cm³/mol. The Balaban J connectivity index is 2.07. The van der Waals surface area contributed by atoms with Crippen LogP contribution in [0.3, 0.4) is 0 Å². The average molecular weight is 223 g/mol. The van der Waals surface area contributed by atoms with Crippen molar-refractivity contribution in [3.8, 4) is 11.5 Å². The number of para-hydroxylation sites is 2. The molecule has 1 aromatic rings. The molecular weight excluding hydrogens is 206 g/mol. The number of piperidine rings is 1. The molecule has 0 aliphatic carbocycles. The van der Waals surface area contributed by atoms with Crippen molar-refractivity contribution < 1.29 is 14.6 Å². The maximum atomic E-state index is 9.77. The molecular formula is C12H17NO3. The van der Waals surface area contributed by atoms with Gasteiger partial charge < -0.3 is 19.9 Å². The summed E-state index contributed by atoms with van der Waals surface area (Å²) < 4.78 is 11.0. The molecule has 1 fully saturated rings. The summed E-state index contributed by atoms with van der Waals surface area (Å²) in [6.07, 6.45) is 0.190. The number of hydrogen-bond donors (Lipinski definition) is 2. The van der Waals surface area contributed by atoms with Crippen LogP contribution in [0.5, 0.6) is 11.5 Å². The Labute approximate surface area is 95.2 Å². The third-order valence-electron chi connectivity index (χ3n) is 2.74. The van der Waals surface area contributed by atoms with Gasteiger partial charge in [-0.3, -0.25) is 0 Å². The van der Waals surface area contributed by atoms with E-state index in [0.29, 0.717) is 18.0 Å². The van der Waals surface area contributed by atoms with Crippen molar-refractivity contribution in [1.82, 2.24) is 5.32 Å². The summed E-state index contributed by atoms with van der Waals surface area (Å²) >= 11 is 0. The minimum atomic E-state index is -0.460. The van der Waals surface area contributed by atoms with Gasteiger partial charge in [0.2, 0.25) is 0 Å². The summed E-state index contributed by atoms with van der Waals surface area (Å²) in [5.74, 6) is 1.39. The SMILES string of the molecule is COc1ccccc1O[C@H]1CCNC[C@@H]1O. The number of ether oxygens (including phenoxy) is 2. The van der Waals surface area contributed by atoms with Crippen LogP contribution >= 0.6 is 0 Å². The summed E-state index contributed by atoms with van der Waals surface area (Å²) in [6.45, 7) is 1.46. The zero-order valence-corrected chi connectivity index (χ0v) is 9.35. The van der Waals surface area contributed by atoms with Crippen LogP contribution < -0.4 is 14.8 Å². The minimum Gasteiger partial charge on any atom is -0.493 e. The molecule has 0 saturated carbocycles. The molecule has 0 aromatic heterocycles. The molecule has 0 spiro atoms. The van der Waals surface area contributed by atoms with Gasteiger partial charge in [0, 0.05) is 6.54 Å². The lowest BCUT2D eigenvalue weighted by Crippen LogP contribution is -2.46. The van der Waals surface area contributed by atoms with Crippen LogP contribution in [0.15, 0.2) is 24.3 Å². The van der Waals surface area contributed by atoms with E-state index in [1.54, 1.807) is 7.11 Å². The highest BCUT2D eigenvalue weighted by Gasteiger charge is 2.25. The van der Waals surface area contributed by atoms with E-state index < -0.39 is 6.10 Å². The van der Waals surface area contributed by atoms with Crippen molar-refractivity contribution in [2.24, 2.45) is 0 Å². The lowest BCUT2D eigenvalue weighted by atomic mass is 10.1. The number of rotatable bonds is 3. The molecule has 2 rings (SSSR count). The second-order valence-electron chi connectivity index (χ2n) is 3.87. The first-order chi connectivity index (χ1) is 7.81. The molecule has 0 amide bonds. The average Bonchev–Trinajstić information content (AvgIpc) is 2.33. The minimum absolute atomic E-state index is 0.155. The zero-order chi connectivity index (χ0) is 11.4. The van der Waals surface area contributed by atoms with Gasteiger partial charge in [-0.1, -0.05) is 12.1 Å². The van der Waals surface area contributed by atoms with E-state index in [2.05, 4.69) is 5.32 Å². The van der Waals surface area contributed by atoms with Crippen LogP contribution in [0.4, 0.5) is 0 Å².